The molecule has 0 bridgehead atoms. The van der Waals surface area contributed by atoms with E-state index in [4.69, 9.17) is 4.52 Å². The molecule has 1 amide bonds. The van der Waals surface area contributed by atoms with Gasteiger partial charge in [-0.25, -0.2) is 4.98 Å². The van der Waals surface area contributed by atoms with E-state index in [0.29, 0.717) is 22.6 Å². The van der Waals surface area contributed by atoms with E-state index in [-0.39, 0.29) is 18.0 Å². The molecular weight excluding hydrogens is 370 g/mol. The third-order valence-corrected chi connectivity index (χ3v) is 4.62. The van der Waals surface area contributed by atoms with E-state index in [2.05, 4.69) is 20.4 Å². The molecule has 1 atom stereocenters. The van der Waals surface area contributed by atoms with Crippen LogP contribution in [0.3, 0.4) is 0 Å². The van der Waals surface area contributed by atoms with Gasteiger partial charge in [-0.3, -0.25) is 14.2 Å². The third kappa shape index (κ3) is 3.77. The smallest absolute Gasteiger partial charge is 0.261 e. The zero-order chi connectivity index (χ0) is 20.4. The van der Waals surface area contributed by atoms with Gasteiger partial charge in [0, 0.05) is 5.56 Å². The number of amides is 1. The maximum absolute atomic E-state index is 12.5. The zero-order valence-corrected chi connectivity index (χ0v) is 16.0. The summed E-state index contributed by atoms with van der Waals surface area (Å²) in [6.45, 7) is 3.56. The number of hydrogen-bond acceptors (Lipinski definition) is 6. The largest absolute Gasteiger partial charge is 0.343 e. The number of fused-ring (bicyclic) bond motifs is 1. The molecule has 146 valence electrons. The van der Waals surface area contributed by atoms with Gasteiger partial charge < -0.3 is 9.84 Å². The molecule has 0 fully saturated rings. The second-order valence-electron chi connectivity index (χ2n) is 6.76. The highest BCUT2D eigenvalue weighted by Crippen LogP contribution is 2.21. The van der Waals surface area contributed by atoms with Crippen LogP contribution in [0.15, 0.2) is 64.2 Å². The fourth-order valence-corrected chi connectivity index (χ4v) is 3.07. The first kappa shape index (κ1) is 18.5. The molecule has 0 aliphatic carbocycles. The molecule has 0 radical (unpaired) electrons. The van der Waals surface area contributed by atoms with Crippen LogP contribution in [0.4, 0.5) is 0 Å². The van der Waals surface area contributed by atoms with E-state index in [1.165, 1.54) is 10.9 Å². The standard InChI is InChI=1S/C21H19N5O3/c1-13-7-3-4-8-15(13)19-24-20(29-25-19)14(2)23-18(27)11-26-12-22-17-10-6-5-9-16(17)21(26)28/h3-10,12,14H,11H2,1-2H3,(H,23,27)/t14-/m1/s1. The van der Waals surface area contributed by atoms with Gasteiger partial charge >= 0.3 is 0 Å². The highest BCUT2D eigenvalue weighted by atomic mass is 16.5. The van der Waals surface area contributed by atoms with Crippen LogP contribution in [0, 0.1) is 6.92 Å². The maximum Gasteiger partial charge on any atom is 0.261 e. The molecule has 4 aromatic rings. The van der Waals surface area contributed by atoms with Crippen molar-refractivity contribution in [2.75, 3.05) is 0 Å². The number of carbonyl (C=O) groups excluding carboxylic acids is 1. The van der Waals surface area contributed by atoms with Gasteiger partial charge in [0.15, 0.2) is 0 Å². The molecule has 0 saturated carbocycles. The van der Waals surface area contributed by atoms with Crippen molar-refractivity contribution in [2.45, 2.75) is 26.4 Å². The van der Waals surface area contributed by atoms with Gasteiger partial charge in [-0.15, -0.1) is 0 Å². The summed E-state index contributed by atoms with van der Waals surface area (Å²) in [5.74, 6) is 0.405. The molecule has 29 heavy (non-hydrogen) atoms. The molecule has 0 spiro atoms. The maximum atomic E-state index is 12.5. The summed E-state index contributed by atoms with van der Waals surface area (Å²) in [6, 6.07) is 14.2. The van der Waals surface area contributed by atoms with Crippen molar-refractivity contribution in [2.24, 2.45) is 0 Å². The Balaban J connectivity index is 1.47. The molecule has 0 saturated heterocycles. The number of nitrogens with one attached hydrogen (secondary N) is 1. The van der Waals surface area contributed by atoms with Crippen LogP contribution in [-0.4, -0.2) is 25.6 Å². The zero-order valence-electron chi connectivity index (χ0n) is 16.0. The number of para-hydroxylation sites is 1. The molecule has 2 aromatic carbocycles. The predicted octanol–water partition coefficient (Wildman–Crippen LogP) is 2.63. The van der Waals surface area contributed by atoms with Crippen LogP contribution < -0.4 is 10.9 Å². The normalized spacial score (nSPS) is 12.1. The van der Waals surface area contributed by atoms with Crippen LogP contribution >= 0.6 is 0 Å². The van der Waals surface area contributed by atoms with Crippen LogP contribution in [0.1, 0.15) is 24.4 Å². The molecule has 8 nitrogen and oxygen atoms in total. The van der Waals surface area contributed by atoms with Crippen LogP contribution in [0.5, 0.6) is 0 Å². The van der Waals surface area contributed by atoms with E-state index >= 15 is 0 Å². The second kappa shape index (κ2) is 7.67. The van der Waals surface area contributed by atoms with E-state index in [1.54, 1.807) is 25.1 Å². The Labute approximate surface area is 166 Å². The van der Waals surface area contributed by atoms with Crippen molar-refractivity contribution in [1.82, 2.24) is 25.0 Å². The van der Waals surface area contributed by atoms with Gasteiger partial charge in [-0.1, -0.05) is 41.6 Å². The molecule has 0 aliphatic rings. The summed E-state index contributed by atoms with van der Waals surface area (Å²) in [6.07, 6.45) is 1.37. The summed E-state index contributed by atoms with van der Waals surface area (Å²) in [4.78, 5) is 33.5. The SMILES string of the molecule is Cc1ccccc1-c1noc([C@@H](C)NC(=O)Cn2cnc3ccccc3c2=O)n1. The minimum atomic E-state index is -0.503. The van der Waals surface area contributed by atoms with Gasteiger partial charge in [0.2, 0.25) is 17.6 Å². The number of nitrogens with zero attached hydrogens (tertiary/aromatic N) is 4. The number of benzene rings is 2. The number of carbonyl (C=O) groups is 1. The van der Waals surface area contributed by atoms with E-state index < -0.39 is 6.04 Å². The first-order valence-electron chi connectivity index (χ1n) is 9.16. The topological polar surface area (TPSA) is 103 Å². The average molecular weight is 389 g/mol. The Bertz CT molecular complexity index is 1240. The van der Waals surface area contributed by atoms with Gasteiger partial charge in [-0.2, -0.15) is 4.98 Å². The first-order chi connectivity index (χ1) is 14.0. The van der Waals surface area contributed by atoms with Crippen LogP contribution in [0.25, 0.3) is 22.3 Å². The molecule has 0 aliphatic heterocycles. The van der Waals surface area contributed by atoms with Crippen molar-refractivity contribution in [1.29, 1.82) is 0 Å². The Morgan fingerprint density at radius 3 is 2.76 bits per heavy atom. The minimum Gasteiger partial charge on any atom is -0.343 e. The number of hydrogen-bond donors (Lipinski definition) is 1. The second-order valence-corrected chi connectivity index (χ2v) is 6.76. The lowest BCUT2D eigenvalue weighted by atomic mass is 10.1. The Kier molecular flexibility index (Phi) is 4.90. The van der Waals surface area contributed by atoms with Gasteiger partial charge in [-0.05, 0) is 31.5 Å². The summed E-state index contributed by atoms with van der Waals surface area (Å²) in [7, 11) is 0. The average Bonchev–Trinajstić information content (AvgIpc) is 3.21. The fraction of sp³-hybridized carbons (Fsp3) is 0.190. The van der Waals surface area contributed by atoms with E-state index in [9.17, 15) is 9.59 Å². The lowest BCUT2D eigenvalue weighted by Gasteiger charge is -2.11. The number of rotatable bonds is 5. The van der Waals surface area contributed by atoms with E-state index in [1.807, 2.05) is 37.3 Å². The Morgan fingerprint density at radius 1 is 1.17 bits per heavy atom. The van der Waals surface area contributed by atoms with Crippen molar-refractivity contribution < 1.29 is 9.32 Å². The van der Waals surface area contributed by atoms with Gasteiger partial charge in [0.05, 0.1) is 17.2 Å². The van der Waals surface area contributed by atoms with Gasteiger partial charge in [0.25, 0.3) is 5.56 Å². The van der Waals surface area contributed by atoms with Crippen LogP contribution in [-0.2, 0) is 11.3 Å². The molecule has 4 rings (SSSR count). The molecular formula is C21H19N5O3. The molecule has 0 unspecified atom stereocenters. The lowest BCUT2D eigenvalue weighted by molar-refractivity contribution is -0.122. The van der Waals surface area contributed by atoms with Crippen molar-refractivity contribution >= 4 is 16.8 Å². The van der Waals surface area contributed by atoms with Crippen molar-refractivity contribution in [3.8, 4) is 11.4 Å². The summed E-state index contributed by atoms with van der Waals surface area (Å²) >= 11 is 0. The molecule has 8 heteroatoms. The van der Waals surface area contributed by atoms with Crippen LogP contribution in [0.2, 0.25) is 0 Å². The van der Waals surface area contributed by atoms with Gasteiger partial charge in [0.1, 0.15) is 12.6 Å². The molecule has 2 heterocycles. The highest BCUT2D eigenvalue weighted by Gasteiger charge is 2.18. The minimum absolute atomic E-state index is 0.153. The first-order valence-corrected chi connectivity index (χ1v) is 9.16. The number of aromatic nitrogens is 4. The summed E-state index contributed by atoms with van der Waals surface area (Å²) in [5.41, 5.74) is 2.23. The van der Waals surface area contributed by atoms with Crippen molar-refractivity contribution in [3.05, 3.63) is 76.7 Å². The summed E-state index contributed by atoms with van der Waals surface area (Å²) in [5, 5.41) is 7.25. The highest BCUT2D eigenvalue weighted by molar-refractivity contribution is 5.79. The third-order valence-electron chi connectivity index (χ3n) is 4.62. The Hall–Kier alpha value is -3.81. The lowest BCUT2D eigenvalue weighted by Crippen LogP contribution is -2.34. The summed E-state index contributed by atoms with van der Waals surface area (Å²) < 4.78 is 6.59. The number of aryl methyl sites for hydroxylation is 1. The fourth-order valence-electron chi connectivity index (χ4n) is 3.07. The van der Waals surface area contributed by atoms with Crippen molar-refractivity contribution in [3.63, 3.8) is 0 Å². The molecule has 2 aromatic heterocycles. The predicted molar refractivity (Wildman–Crippen MR) is 107 cm³/mol. The monoisotopic (exact) mass is 389 g/mol. The Morgan fingerprint density at radius 2 is 1.93 bits per heavy atom. The molecule has 1 N–H and O–H groups in total. The quantitative estimate of drug-likeness (QED) is 0.563. The van der Waals surface area contributed by atoms with E-state index in [0.717, 1.165) is 11.1 Å².